The van der Waals surface area contributed by atoms with Crippen molar-refractivity contribution in [1.29, 1.82) is 0 Å². The van der Waals surface area contributed by atoms with E-state index < -0.39 is 5.82 Å². The first-order chi connectivity index (χ1) is 8.35. The molecular formula is C13H18BrClFNO. The Morgan fingerprint density at radius 3 is 2.72 bits per heavy atom. The minimum atomic E-state index is -0.475. The van der Waals surface area contributed by atoms with Gasteiger partial charge in [0.25, 0.3) is 0 Å². The second-order valence-corrected chi connectivity index (χ2v) is 6.28. The first-order valence-corrected chi connectivity index (χ1v) is 7.00. The van der Waals surface area contributed by atoms with Crippen molar-refractivity contribution >= 4 is 27.5 Å². The minimum Gasteiger partial charge on any atom is -0.492 e. The summed E-state index contributed by atoms with van der Waals surface area (Å²) >= 11 is 8.94. The van der Waals surface area contributed by atoms with Crippen LogP contribution < -0.4 is 10.5 Å². The summed E-state index contributed by atoms with van der Waals surface area (Å²) in [7, 11) is 0. The van der Waals surface area contributed by atoms with Gasteiger partial charge >= 0.3 is 0 Å². The third-order valence-electron chi connectivity index (χ3n) is 2.78. The highest BCUT2D eigenvalue weighted by Gasteiger charge is 2.15. The van der Waals surface area contributed by atoms with Crippen molar-refractivity contribution in [3.63, 3.8) is 0 Å². The van der Waals surface area contributed by atoms with Gasteiger partial charge in [-0.1, -0.05) is 25.4 Å². The highest BCUT2D eigenvalue weighted by Crippen LogP contribution is 2.31. The predicted octanol–water partition coefficient (Wildman–Crippen LogP) is 4.39. The van der Waals surface area contributed by atoms with Crippen LogP contribution in [0.2, 0.25) is 5.02 Å². The third kappa shape index (κ3) is 4.75. The van der Waals surface area contributed by atoms with Gasteiger partial charge in [-0.15, -0.1) is 0 Å². The Labute approximate surface area is 121 Å². The highest BCUT2D eigenvalue weighted by atomic mass is 79.9. The number of rotatable bonds is 6. The molecule has 2 nitrogen and oxygen atoms in total. The monoisotopic (exact) mass is 337 g/mol. The van der Waals surface area contributed by atoms with Gasteiger partial charge in [0.05, 0.1) is 16.1 Å². The molecule has 18 heavy (non-hydrogen) atoms. The summed E-state index contributed by atoms with van der Waals surface area (Å²) in [6, 6.07) is 2.79. The van der Waals surface area contributed by atoms with Gasteiger partial charge in [0.2, 0.25) is 0 Å². The molecule has 5 heteroatoms. The Hall–Kier alpha value is -0.320. The summed E-state index contributed by atoms with van der Waals surface area (Å²) < 4.78 is 19.4. The Balaban J connectivity index is 2.47. The molecule has 0 atom stereocenters. The lowest BCUT2D eigenvalue weighted by atomic mass is 9.88. The van der Waals surface area contributed by atoms with E-state index in [0.29, 0.717) is 23.4 Å². The van der Waals surface area contributed by atoms with E-state index >= 15 is 0 Å². The van der Waals surface area contributed by atoms with Crippen molar-refractivity contribution in [3.05, 3.63) is 27.4 Å². The van der Waals surface area contributed by atoms with Crippen LogP contribution in [0.15, 0.2) is 16.6 Å². The normalized spacial score (nSPS) is 11.7. The Kier molecular flexibility index (Phi) is 5.89. The van der Waals surface area contributed by atoms with Crippen molar-refractivity contribution in [2.45, 2.75) is 26.7 Å². The number of benzene rings is 1. The molecule has 0 aliphatic heterocycles. The molecule has 0 amide bonds. The lowest BCUT2D eigenvalue weighted by Crippen LogP contribution is -2.23. The van der Waals surface area contributed by atoms with E-state index in [1.165, 1.54) is 12.1 Å². The Morgan fingerprint density at radius 2 is 2.11 bits per heavy atom. The van der Waals surface area contributed by atoms with Gasteiger partial charge in [0, 0.05) is 6.07 Å². The molecule has 0 fully saturated rings. The van der Waals surface area contributed by atoms with Crippen LogP contribution in [-0.4, -0.2) is 13.2 Å². The predicted molar refractivity (Wildman–Crippen MR) is 76.7 cm³/mol. The van der Waals surface area contributed by atoms with Gasteiger partial charge in [-0.3, -0.25) is 0 Å². The molecule has 0 aromatic heterocycles. The van der Waals surface area contributed by atoms with E-state index in [4.69, 9.17) is 22.1 Å². The molecule has 1 rings (SSSR count). The fourth-order valence-corrected chi connectivity index (χ4v) is 2.20. The average Bonchev–Trinajstić information content (AvgIpc) is 2.31. The lowest BCUT2D eigenvalue weighted by Gasteiger charge is -2.22. The zero-order chi connectivity index (χ0) is 13.8. The molecular weight excluding hydrogens is 321 g/mol. The van der Waals surface area contributed by atoms with Gasteiger partial charge in [0.1, 0.15) is 11.6 Å². The highest BCUT2D eigenvalue weighted by molar-refractivity contribution is 9.10. The van der Waals surface area contributed by atoms with E-state index in [1.807, 2.05) is 0 Å². The first-order valence-electron chi connectivity index (χ1n) is 5.83. The van der Waals surface area contributed by atoms with Gasteiger partial charge < -0.3 is 10.5 Å². The second kappa shape index (κ2) is 6.73. The maximum Gasteiger partial charge on any atom is 0.145 e. The zero-order valence-electron chi connectivity index (χ0n) is 10.6. The zero-order valence-corrected chi connectivity index (χ0v) is 12.9. The molecule has 0 aliphatic rings. The molecule has 2 N–H and O–H groups in total. The van der Waals surface area contributed by atoms with Crippen LogP contribution in [0.25, 0.3) is 0 Å². The third-order valence-corrected chi connectivity index (χ3v) is 3.69. The van der Waals surface area contributed by atoms with Crippen LogP contribution in [0.1, 0.15) is 26.7 Å². The molecule has 0 heterocycles. The molecule has 1 aromatic carbocycles. The van der Waals surface area contributed by atoms with E-state index in [1.54, 1.807) is 0 Å². The average molecular weight is 339 g/mol. The number of halogens is 3. The molecule has 0 saturated carbocycles. The van der Waals surface area contributed by atoms with Crippen LogP contribution >= 0.6 is 27.5 Å². The standard InChI is InChI=1S/C13H18BrClFNO/c1-13(2,8-17)4-3-5-18-12-7-11(16)10(15)6-9(12)14/h6-7H,3-5,8,17H2,1-2H3. The fraction of sp³-hybridized carbons (Fsp3) is 0.538. The van der Waals surface area contributed by atoms with E-state index in [2.05, 4.69) is 29.8 Å². The van der Waals surface area contributed by atoms with Crippen LogP contribution in [0, 0.1) is 11.2 Å². The minimum absolute atomic E-state index is 0.0819. The van der Waals surface area contributed by atoms with Crippen molar-refractivity contribution in [2.24, 2.45) is 11.1 Å². The SMILES string of the molecule is CC(C)(CN)CCCOc1cc(F)c(Cl)cc1Br. The van der Waals surface area contributed by atoms with Crippen molar-refractivity contribution < 1.29 is 9.13 Å². The number of ether oxygens (including phenoxy) is 1. The summed E-state index contributed by atoms with van der Waals surface area (Å²) in [5.74, 6) is -0.000362. The largest absolute Gasteiger partial charge is 0.492 e. The topological polar surface area (TPSA) is 35.2 Å². The molecule has 0 radical (unpaired) electrons. The maximum absolute atomic E-state index is 13.3. The number of hydrogen-bond donors (Lipinski definition) is 1. The number of nitrogens with two attached hydrogens (primary N) is 1. The van der Waals surface area contributed by atoms with E-state index in [-0.39, 0.29) is 10.4 Å². The summed E-state index contributed by atoms with van der Waals surface area (Å²) in [6.07, 6.45) is 1.85. The van der Waals surface area contributed by atoms with Crippen molar-refractivity contribution in [2.75, 3.05) is 13.2 Å². The lowest BCUT2D eigenvalue weighted by molar-refractivity contribution is 0.259. The fourth-order valence-electron chi connectivity index (χ4n) is 1.45. The Morgan fingerprint density at radius 1 is 1.44 bits per heavy atom. The summed E-state index contributed by atoms with van der Waals surface area (Å²) in [6.45, 7) is 5.41. The molecule has 0 spiro atoms. The molecule has 0 unspecified atom stereocenters. The van der Waals surface area contributed by atoms with Gasteiger partial charge in [-0.05, 0) is 46.8 Å². The molecule has 0 bridgehead atoms. The van der Waals surface area contributed by atoms with Gasteiger partial charge in [-0.2, -0.15) is 0 Å². The van der Waals surface area contributed by atoms with E-state index in [9.17, 15) is 4.39 Å². The van der Waals surface area contributed by atoms with Crippen molar-refractivity contribution in [1.82, 2.24) is 0 Å². The van der Waals surface area contributed by atoms with Crippen LogP contribution in [0.3, 0.4) is 0 Å². The summed E-state index contributed by atoms with van der Waals surface area (Å²) in [4.78, 5) is 0. The maximum atomic E-state index is 13.3. The summed E-state index contributed by atoms with van der Waals surface area (Å²) in [5, 5.41) is 0.0819. The summed E-state index contributed by atoms with van der Waals surface area (Å²) in [5.41, 5.74) is 5.76. The second-order valence-electron chi connectivity index (χ2n) is 5.02. The van der Waals surface area contributed by atoms with Gasteiger partial charge in [-0.25, -0.2) is 4.39 Å². The molecule has 0 saturated heterocycles. The Bertz CT molecular complexity index is 412. The molecule has 102 valence electrons. The molecule has 1 aromatic rings. The quantitative estimate of drug-likeness (QED) is 0.617. The number of hydrogen-bond acceptors (Lipinski definition) is 2. The van der Waals surface area contributed by atoms with Crippen LogP contribution in [0.4, 0.5) is 4.39 Å². The van der Waals surface area contributed by atoms with E-state index in [0.717, 1.165) is 12.8 Å². The van der Waals surface area contributed by atoms with Crippen LogP contribution in [0.5, 0.6) is 5.75 Å². The van der Waals surface area contributed by atoms with Crippen LogP contribution in [-0.2, 0) is 0 Å². The smallest absolute Gasteiger partial charge is 0.145 e. The first kappa shape index (κ1) is 15.7. The van der Waals surface area contributed by atoms with Crippen molar-refractivity contribution in [3.8, 4) is 5.75 Å². The molecule has 0 aliphatic carbocycles. The van der Waals surface area contributed by atoms with Gasteiger partial charge in [0.15, 0.2) is 0 Å².